The molecule has 1 fully saturated rings. The number of esters is 1. The molecule has 0 spiro atoms. The molecule has 4 rings (SSSR count). The summed E-state index contributed by atoms with van der Waals surface area (Å²) in [6, 6.07) is 15.7. The van der Waals surface area contributed by atoms with Crippen LogP contribution in [0, 0.1) is 11.3 Å². The smallest absolute Gasteiger partial charge is 0.337 e. The third-order valence-electron chi connectivity index (χ3n) is 7.28. The number of fused-ring (bicyclic) bond motifs is 1. The summed E-state index contributed by atoms with van der Waals surface area (Å²) >= 11 is 0. The predicted molar refractivity (Wildman–Crippen MR) is 147 cm³/mol. The number of methoxy groups -OCH3 is 2. The Morgan fingerprint density at radius 2 is 1.68 bits per heavy atom. The summed E-state index contributed by atoms with van der Waals surface area (Å²) in [6.07, 6.45) is 6.48. The minimum Gasteiger partial charge on any atom is -0.497 e. The van der Waals surface area contributed by atoms with Gasteiger partial charge in [-0.25, -0.2) is 9.78 Å². The first-order valence-electron chi connectivity index (χ1n) is 13.1. The number of anilines is 1. The van der Waals surface area contributed by atoms with Gasteiger partial charge in [0.2, 0.25) is 5.91 Å². The van der Waals surface area contributed by atoms with Crippen LogP contribution in [0.1, 0.15) is 74.7 Å². The molecule has 0 unspecified atom stereocenters. The Morgan fingerprint density at radius 3 is 2.30 bits per heavy atom. The van der Waals surface area contributed by atoms with Gasteiger partial charge in [0.05, 0.1) is 19.8 Å². The van der Waals surface area contributed by atoms with Crippen LogP contribution in [-0.2, 0) is 9.53 Å². The first-order valence-corrected chi connectivity index (χ1v) is 13.1. The molecule has 0 atom stereocenters. The molecule has 0 bridgehead atoms. The van der Waals surface area contributed by atoms with Crippen LogP contribution < -0.4 is 9.64 Å². The minimum atomic E-state index is -0.380. The van der Waals surface area contributed by atoms with Crippen LogP contribution in [0.3, 0.4) is 0 Å². The van der Waals surface area contributed by atoms with Crippen LogP contribution in [0.2, 0.25) is 0 Å². The van der Waals surface area contributed by atoms with Crippen molar-refractivity contribution in [2.24, 2.45) is 11.3 Å². The van der Waals surface area contributed by atoms with Crippen LogP contribution in [0.4, 0.5) is 5.82 Å². The number of carbonyl (C=O) groups excluding carboxylic acids is 2. The Morgan fingerprint density at radius 1 is 0.973 bits per heavy atom. The van der Waals surface area contributed by atoms with Crippen molar-refractivity contribution >= 4 is 28.5 Å². The Kier molecular flexibility index (Phi) is 8.16. The summed E-state index contributed by atoms with van der Waals surface area (Å²) in [4.78, 5) is 32.3. The van der Waals surface area contributed by atoms with E-state index >= 15 is 0 Å². The molecular weight excluding hydrogens is 464 g/mol. The highest BCUT2D eigenvalue weighted by Gasteiger charge is 2.30. The van der Waals surface area contributed by atoms with Crippen molar-refractivity contribution in [3.05, 3.63) is 65.9 Å². The third-order valence-corrected chi connectivity index (χ3v) is 7.28. The van der Waals surface area contributed by atoms with Gasteiger partial charge >= 0.3 is 5.97 Å². The Bertz CT molecular complexity index is 1240. The van der Waals surface area contributed by atoms with E-state index in [0.29, 0.717) is 36.2 Å². The number of hydrogen-bond donors (Lipinski definition) is 0. The molecule has 1 heterocycles. The van der Waals surface area contributed by atoms with E-state index in [2.05, 4.69) is 37.9 Å². The van der Waals surface area contributed by atoms with Gasteiger partial charge in [0, 0.05) is 24.5 Å². The van der Waals surface area contributed by atoms with Gasteiger partial charge in [-0.2, -0.15) is 0 Å². The van der Waals surface area contributed by atoms with Gasteiger partial charge < -0.3 is 9.47 Å². The maximum atomic E-state index is 13.6. The van der Waals surface area contributed by atoms with Crippen molar-refractivity contribution < 1.29 is 19.1 Å². The topological polar surface area (TPSA) is 68.7 Å². The molecule has 196 valence electrons. The molecule has 0 aliphatic heterocycles. The second kappa shape index (κ2) is 11.3. The fourth-order valence-electron chi connectivity index (χ4n) is 5.29. The molecule has 0 radical (unpaired) electrons. The fraction of sp³-hybridized carbons (Fsp3) is 0.452. The minimum absolute atomic E-state index is 0.0850. The lowest BCUT2D eigenvalue weighted by Gasteiger charge is -2.34. The van der Waals surface area contributed by atoms with Crippen LogP contribution in [-0.4, -0.2) is 37.6 Å². The number of ether oxygens (including phenoxy) is 2. The van der Waals surface area contributed by atoms with Crippen molar-refractivity contribution in [1.29, 1.82) is 0 Å². The van der Waals surface area contributed by atoms with Gasteiger partial charge in [-0.3, -0.25) is 9.69 Å². The molecule has 6 nitrogen and oxygen atoms in total. The van der Waals surface area contributed by atoms with Gasteiger partial charge in [-0.15, -0.1) is 0 Å². The second-order valence-corrected chi connectivity index (χ2v) is 11.3. The molecule has 0 saturated heterocycles. The van der Waals surface area contributed by atoms with Crippen molar-refractivity contribution in [1.82, 2.24) is 4.98 Å². The average molecular weight is 503 g/mol. The maximum Gasteiger partial charge on any atom is 0.337 e. The van der Waals surface area contributed by atoms with E-state index < -0.39 is 0 Å². The molecule has 37 heavy (non-hydrogen) atoms. The third kappa shape index (κ3) is 6.48. The molecule has 6 heteroatoms. The SMILES string of the molecule is COC(=O)c1ccc2c(N(C[C@H]3CC[C@H](c4ccc(OC)cc4)CC3)C(=O)CC(C)(C)C)nccc2c1. The largest absolute Gasteiger partial charge is 0.497 e. The van der Waals surface area contributed by atoms with Gasteiger partial charge in [-0.05, 0) is 90.3 Å². The van der Waals surface area contributed by atoms with Gasteiger partial charge in [0.15, 0.2) is 0 Å². The first-order chi connectivity index (χ1) is 17.7. The normalized spacial score (nSPS) is 17.9. The van der Waals surface area contributed by atoms with Crippen molar-refractivity contribution in [2.75, 3.05) is 25.7 Å². The number of hydrogen-bond acceptors (Lipinski definition) is 5. The quantitative estimate of drug-likeness (QED) is 0.333. The van der Waals surface area contributed by atoms with Gasteiger partial charge in [0.1, 0.15) is 11.6 Å². The van der Waals surface area contributed by atoms with Crippen LogP contribution in [0.5, 0.6) is 5.75 Å². The van der Waals surface area contributed by atoms with Crippen molar-refractivity contribution in [3.8, 4) is 5.75 Å². The van der Waals surface area contributed by atoms with E-state index in [1.165, 1.54) is 12.7 Å². The summed E-state index contributed by atoms with van der Waals surface area (Å²) in [7, 11) is 3.07. The van der Waals surface area contributed by atoms with E-state index in [4.69, 9.17) is 9.47 Å². The zero-order valence-electron chi connectivity index (χ0n) is 22.6. The van der Waals surface area contributed by atoms with Crippen molar-refractivity contribution in [3.63, 3.8) is 0 Å². The Hall–Kier alpha value is -3.41. The Balaban J connectivity index is 1.56. The summed E-state index contributed by atoms with van der Waals surface area (Å²) in [6.45, 7) is 6.90. The molecule has 1 saturated carbocycles. The van der Waals surface area contributed by atoms with E-state index in [1.54, 1.807) is 25.4 Å². The number of carbonyl (C=O) groups is 2. The van der Waals surface area contributed by atoms with Crippen LogP contribution in [0.25, 0.3) is 10.8 Å². The number of benzene rings is 2. The molecule has 2 aromatic carbocycles. The standard InChI is InChI=1S/C31H38N2O4/c1-31(2,3)19-28(34)33(29-27-15-12-25(30(35)37-5)18-24(27)16-17-32-29)20-21-6-8-22(9-7-21)23-10-13-26(36-4)14-11-23/h10-18,21-22H,6-9,19-20H2,1-5H3/t21-,22-. The summed E-state index contributed by atoms with van der Waals surface area (Å²) < 4.78 is 10.2. The first kappa shape index (κ1) is 26.6. The number of aromatic nitrogens is 1. The lowest BCUT2D eigenvalue weighted by atomic mass is 9.78. The summed E-state index contributed by atoms with van der Waals surface area (Å²) in [5.41, 5.74) is 1.71. The molecular formula is C31H38N2O4. The van der Waals surface area contributed by atoms with Crippen molar-refractivity contribution in [2.45, 2.75) is 58.8 Å². The fourth-order valence-corrected chi connectivity index (χ4v) is 5.29. The average Bonchev–Trinajstić information content (AvgIpc) is 2.90. The van der Waals surface area contributed by atoms with E-state index in [0.717, 1.165) is 42.2 Å². The Labute approximate surface area is 220 Å². The monoisotopic (exact) mass is 502 g/mol. The van der Waals surface area contributed by atoms with Crippen LogP contribution >= 0.6 is 0 Å². The second-order valence-electron chi connectivity index (χ2n) is 11.3. The molecule has 0 N–H and O–H groups in total. The molecule has 1 aliphatic rings. The lowest BCUT2D eigenvalue weighted by molar-refractivity contribution is -0.120. The zero-order valence-corrected chi connectivity index (χ0v) is 22.6. The summed E-state index contributed by atoms with van der Waals surface area (Å²) in [5, 5.41) is 1.73. The van der Waals surface area contributed by atoms with Crippen LogP contribution in [0.15, 0.2) is 54.7 Å². The highest BCUT2D eigenvalue weighted by atomic mass is 16.5. The highest BCUT2D eigenvalue weighted by Crippen LogP contribution is 2.38. The number of nitrogens with zero attached hydrogens (tertiary/aromatic N) is 2. The zero-order chi connectivity index (χ0) is 26.6. The van der Waals surface area contributed by atoms with Gasteiger partial charge in [-0.1, -0.05) is 32.9 Å². The number of amides is 1. The highest BCUT2D eigenvalue weighted by molar-refractivity contribution is 6.04. The number of rotatable bonds is 7. The molecule has 1 aromatic heterocycles. The maximum absolute atomic E-state index is 13.6. The number of pyridine rings is 1. The van der Waals surface area contributed by atoms with Gasteiger partial charge in [0.25, 0.3) is 0 Å². The molecule has 1 amide bonds. The van der Waals surface area contributed by atoms with E-state index in [1.807, 2.05) is 29.2 Å². The predicted octanol–water partition coefficient (Wildman–Crippen LogP) is 6.77. The lowest BCUT2D eigenvalue weighted by Crippen LogP contribution is -2.39. The van der Waals surface area contributed by atoms with E-state index in [-0.39, 0.29) is 17.3 Å². The molecule has 3 aromatic rings. The van der Waals surface area contributed by atoms with E-state index in [9.17, 15) is 9.59 Å². The summed E-state index contributed by atoms with van der Waals surface area (Å²) in [5.74, 6) is 2.20. The molecule has 1 aliphatic carbocycles.